The van der Waals surface area contributed by atoms with Gasteiger partial charge in [0.05, 0.1) is 37.3 Å². The van der Waals surface area contributed by atoms with E-state index >= 15 is 0 Å². The fraction of sp³-hybridized carbons (Fsp3) is 0.350. The average molecular weight is 449 g/mol. The van der Waals surface area contributed by atoms with Gasteiger partial charge >= 0.3 is 0 Å². The molecule has 4 rings (SSSR count). The number of ether oxygens (including phenoxy) is 1. The molecule has 3 aromatic rings. The number of imidazole rings is 1. The summed E-state index contributed by atoms with van der Waals surface area (Å²) in [5.74, 6) is 0.992. The number of hydrogen-bond donors (Lipinski definition) is 5. The number of rotatable bonds is 8. The van der Waals surface area contributed by atoms with E-state index in [2.05, 4.69) is 51.4 Å². The minimum absolute atomic E-state index is 0.0466. The molecule has 1 aliphatic rings. The Morgan fingerprint density at radius 2 is 2.15 bits per heavy atom. The van der Waals surface area contributed by atoms with Gasteiger partial charge in [-0.15, -0.1) is 10.2 Å². The van der Waals surface area contributed by atoms with Gasteiger partial charge in [-0.1, -0.05) is 0 Å². The smallest absolute Gasteiger partial charge is 0.274 e. The van der Waals surface area contributed by atoms with Crippen LogP contribution in [0, 0.1) is 18.3 Å². The quantitative estimate of drug-likeness (QED) is 0.318. The Kier molecular flexibility index (Phi) is 6.98. The Labute approximate surface area is 189 Å². The maximum atomic E-state index is 12.8. The Bertz CT molecular complexity index is 1130. The van der Waals surface area contributed by atoms with Gasteiger partial charge in [-0.25, -0.2) is 15.0 Å². The average Bonchev–Trinajstić information content (AvgIpc) is 3.27. The molecule has 1 fully saturated rings. The predicted molar refractivity (Wildman–Crippen MR) is 118 cm³/mol. The predicted octanol–water partition coefficient (Wildman–Crippen LogP) is 0.244. The van der Waals surface area contributed by atoms with Crippen LogP contribution in [-0.2, 0) is 11.3 Å². The first-order chi connectivity index (χ1) is 16.1. The Hall–Kier alpha value is -4.15. The molecule has 13 nitrogen and oxygen atoms in total. The molecular weight excluding hydrogens is 426 g/mol. The lowest BCUT2D eigenvalue weighted by molar-refractivity contribution is 0.0372. The minimum Gasteiger partial charge on any atom is -0.380 e. The molecule has 5 N–H and O–H groups in total. The van der Waals surface area contributed by atoms with Crippen LogP contribution in [0.15, 0.2) is 24.7 Å². The number of morpholine rings is 1. The van der Waals surface area contributed by atoms with E-state index in [0.29, 0.717) is 42.8 Å². The topological polar surface area (TPSA) is 178 Å². The number of aryl methyl sites for hydroxylation is 1. The third-order valence-electron chi connectivity index (χ3n) is 4.73. The summed E-state index contributed by atoms with van der Waals surface area (Å²) in [7, 11) is 0. The van der Waals surface area contributed by atoms with Crippen molar-refractivity contribution >= 4 is 23.2 Å². The number of amides is 1. The van der Waals surface area contributed by atoms with Gasteiger partial charge in [0.2, 0.25) is 0 Å². The Balaban J connectivity index is 1.50. The van der Waals surface area contributed by atoms with Crippen molar-refractivity contribution in [1.82, 2.24) is 40.8 Å². The summed E-state index contributed by atoms with van der Waals surface area (Å²) >= 11 is 0. The lowest BCUT2D eigenvalue weighted by Gasteiger charge is -2.24. The van der Waals surface area contributed by atoms with E-state index in [1.165, 1.54) is 12.4 Å². The van der Waals surface area contributed by atoms with Crippen molar-refractivity contribution in [2.45, 2.75) is 19.6 Å². The van der Waals surface area contributed by atoms with E-state index < -0.39 is 5.91 Å². The van der Waals surface area contributed by atoms with Gasteiger partial charge in [-0.2, -0.15) is 5.26 Å². The zero-order valence-corrected chi connectivity index (χ0v) is 17.9. The second kappa shape index (κ2) is 10.4. The largest absolute Gasteiger partial charge is 0.380 e. The first-order valence-corrected chi connectivity index (χ1v) is 10.3. The molecule has 1 saturated heterocycles. The maximum Gasteiger partial charge on any atom is 0.274 e. The summed E-state index contributed by atoms with van der Waals surface area (Å²) in [4.78, 5) is 28.2. The Morgan fingerprint density at radius 1 is 1.24 bits per heavy atom. The number of nitriles is 1. The van der Waals surface area contributed by atoms with E-state index in [9.17, 15) is 4.79 Å². The van der Waals surface area contributed by atoms with Crippen LogP contribution < -0.4 is 21.3 Å². The highest BCUT2D eigenvalue weighted by atomic mass is 16.5. The van der Waals surface area contributed by atoms with E-state index in [1.54, 1.807) is 12.3 Å². The third-order valence-corrected chi connectivity index (χ3v) is 4.73. The number of H-pyrrole nitrogens is 1. The SMILES string of the molecule is Cc1cnc(CNC(=O)c2nnc(Nc3cnc(C#N)cn3)cc2NCC2CNCCO2)[nH]1. The molecule has 1 atom stereocenters. The van der Waals surface area contributed by atoms with E-state index in [1.807, 2.05) is 13.0 Å². The number of hydrogen-bond acceptors (Lipinski definition) is 11. The maximum absolute atomic E-state index is 12.8. The zero-order valence-electron chi connectivity index (χ0n) is 17.9. The van der Waals surface area contributed by atoms with E-state index in [-0.39, 0.29) is 24.0 Å². The lowest BCUT2D eigenvalue weighted by Crippen LogP contribution is -2.42. The highest BCUT2D eigenvalue weighted by molar-refractivity contribution is 5.97. The van der Waals surface area contributed by atoms with Crippen LogP contribution in [0.3, 0.4) is 0 Å². The number of nitrogens with zero attached hydrogens (tertiary/aromatic N) is 6. The van der Waals surface area contributed by atoms with Crippen LogP contribution >= 0.6 is 0 Å². The molecule has 1 aliphatic heterocycles. The number of nitrogens with one attached hydrogen (secondary N) is 5. The lowest BCUT2D eigenvalue weighted by atomic mass is 10.2. The molecule has 3 aromatic heterocycles. The second-order valence-corrected chi connectivity index (χ2v) is 7.29. The normalized spacial score (nSPS) is 15.5. The standard InChI is InChI=1S/C20H23N11O2/c1-12-6-25-17(28-12)11-27-20(32)19-15(24-9-14-8-22-2-3-33-14)4-16(30-31-19)29-18-10-23-13(5-21)7-26-18/h4,6-7,10,14,22H,2-3,8-9,11H2,1H3,(H,25,28)(H,27,32)(H2,24,26,29,30). The molecule has 0 bridgehead atoms. The molecule has 1 unspecified atom stereocenters. The van der Waals surface area contributed by atoms with Gasteiger partial charge in [-0.05, 0) is 6.92 Å². The van der Waals surface area contributed by atoms with Gasteiger partial charge in [0.1, 0.15) is 17.7 Å². The van der Waals surface area contributed by atoms with E-state index in [0.717, 1.165) is 12.2 Å². The van der Waals surface area contributed by atoms with Crippen LogP contribution in [0.25, 0.3) is 0 Å². The summed E-state index contributed by atoms with van der Waals surface area (Å²) < 4.78 is 5.72. The Morgan fingerprint density at radius 3 is 2.85 bits per heavy atom. The molecule has 1 amide bonds. The highest BCUT2D eigenvalue weighted by Crippen LogP contribution is 2.19. The summed E-state index contributed by atoms with van der Waals surface area (Å²) in [6, 6.07) is 3.57. The molecule has 0 aliphatic carbocycles. The molecular formula is C20H23N11O2. The second-order valence-electron chi connectivity index (χ2n) is 7.29. The number of carbonyl (C=O) groups excluding carboxylic acids is 1. The monoisotopic (exact) mass is 449 g/mol. The van der Waals surface area contributed by atoms with Gasteiger partial charge in [0.25, 0.3) is 5.91 Å². The summed E-state index contributed by atoms with van der Waals surface area (Å²) in [6.07, 6.45) is 4.41. The fourth-order valence-corrected chi connectivity index (χ4v) is 3.12. The minimum atomic E-state index is -0.397. The van der Waals surface area contributed by atoms with Crippen molar-refractivity contribution in [2.24, 2.45) is 0 Å². The van der Waals surface area contributed by atoms with Crippen molar-refractivity contribution in [1.29, 1.82) is 5.26 Å². The molecule has 0 aromatic carbocycles. The van der Waals surface area contributed by atoms with Gasteiger partial charge < -0.3 is 31.0 Å². The van der Waals surface area contributed by atoms with E-state index in [4.69, 9.17) is 10.00 Å². The molecule has 0 radical (unpaired) electrons. The number of carbonyl (C=O) groups is 1. The first-order valence-electron chi connectivity index (χ1n) is 10.3. The van der Waals surface area contributed by atoms with Crippen LogP contribution in [-0.4, -0.2) is 68.4 Å². The highest BCUT2D eigenvalue weighted by Gasteiger charge is 2.19. The summed E-state index contributed by atoms with van der Waals surface area (Å²) in [5, 5.41) is 29.3. The van der Waals surface area contributed by atoms with Crippen LogP contribution in [0.2, 0.25) is 0 Å². The van der Waals surface area contributed by atoms with Crippen molar-refractivity contribution in [3.8, 4) is 6.07 Å². The number of aromatic nitrogens is 6. The van der Waals surface area contributed by atoms with Crippen LogP contribution in [0.5, 0.6) is 0 Å². The molecule has 33 heavy (non-hydrogen) atoms. The van der Waals surface area contributed by atoms with Crippen molar-refractivity contribution in [3.05, 3.63) is 47.6 Å². The van der Waals surface area contributed by atoms with Crippen molar-refractivity contribution in [3.63, 3.8) is 0 Å². The number of aromatic amines is 1. The zero-order chi connectivity index (χ0) is 23.0. The molecule has 4 heterocycles. The molecule has 0 saturated carbocycles. The third kappa shape index (κ3) is 5.97. The first kappa shape index (κ1) is 22.1. The fourth-order valence-electron chi connectivity index (χ4n) is 3.12. The van der Waals surface area contributed by atoms with Gasteiger partial charge in [0.15, 0.2) is 17.2 Å². The van der Waals surface area contributed by atoms with Crippen molar-refractivity contribution < 1.29 is 9.53 Å². The summed E-state index contributed by atoms with van der Waals surface area (Å²) in [5.41, 5.74) is 1.73. The molecule has 13 heteroatoms. The van der Waals surface area contributed by atoms with Gasteiger partial charge in [0, 0.05) is 37.6 Å². The van der Waals surface area contributed by atoms with Crippen LogP contribution in [0.1, 0.15) is 27.7 Å². The summed E-state index contributed by atoms with van der Waals surface area (Å²) in [6.45, 7) is 4.74. The van der Waals surface area contributed by atoms with Gasteiger partial charge in [-0.3, -0.25) is 4.79 Å². The van der Waals surface area contributed by atoms with Crippen molar-refractivity contribution in [2.75, 3.05) is 36.9 Å². The molecule has 170 valence electrons. The number of anilines is 3. The van der Waals surface area contributed by atoms with Crippen LogP contribution in [0.4, 0.5) is 17.3 Å². The molecule has 0 spiro atoms.